The van der Waals surface area contributed by atoms with Gasteiger partial charge in [0, 0.05) is 43.8 Å². The summed E-state index contributed by atoms with van der Waals surface area (Å²) in [6, 6.07) is 2.10. The SMILES string of the molecule is C=C(C(CC)N1C[C@H](C)N(c2nc(=O)n(C)c3ccc(Cl)nc23)C[C@H]1C)C(F)(F)F. The Bertz CT molecular complexity index is 1020. The molecule has 164 valence electrons. The summed E-state index contributed by atoms with van der Waals surface area (Å²) < 4.78 is 41.3. The molecule has 0 aliphatic carbocycles. The third kappa shape index (κ3) is 4.05. The summed E-state index contributed by atoms with van der Waals surface area (Å²) in [5.74, 6) is 0.400. The van der Waals surface area contributed by atoms with Crippen LogP contribution in [0.5, 0.6) is 0 Å². The van der Waals surface area contributed by atoms with Gasteiger partial charge in [0.2, 0.25) is 0 Å². The summed E-state index contributed by atoms with van der Waals surface area (Å²) in [4.78, 5) is 24.7. The van der Waals surface area contributed by atoms with E-state index in [1.165, 1.54) is 4.57 Å². The van der Waals surface area contributed by atoms with Gasteiger partial charge >= 0.3 is 11.9 Å². The van der Waals surface area contributed by atoms with Crippen LogP contribution in [0.1, 0.15) is 27.2 Å². The summed E-state index contributed by atoms with van der Waals surface area (Å²) >= 11 is 6.08. The maximum atomic E-state index is 13.3. The van der Waals surface area contributed by atoms with Crippen LogP contribution >= 0.6 is 11.6 Å². The minimum atomic E-state index is -4.44. The van der Waals surface area contributed by atoms with Gasteiger partial charge in [0.15, 0.2) is 5.82 Å². The Morgan fingerprint density at radius 3 is 2.53 bits per heavy atom. The van der Waals surface area contributed by atoms with E-state index in [1.807, 2.05) is 23.6 Å². The highest BCUT2D eigenvalue weighted by Gasteiger charge is 2.42. The number of hydrogen-bond donors (Lipinski definition) is 0. The number of pyridine rings is 1. The normalized spacial score (nSPS) is 21.8. The molecule has 10 heteroatoms. The molecule has 0 amide bonds. The molecule has 0 aromatic carbocycles. The van der Waals surface area contributed by atoms with Crippen molar-refractivity contribution in [1.29, 1.82) is 0 Å². The van der Waals surface area contributed by atoms with E-state index in [9.17, 15) is 18.0 Å². The van der Waals surface area contributed by atoms with Crippen LogP contribution in [0.15, 0.2) is 29.1 Å². The van der Waals surface area contributed by atoms with Crippen LogP contribution in [0.4, 0.5) is 19.0 Å². The number of nitrogens with zero attached hydrogens (tertiary/aromatic N) is 5. The molecule has 3 rings (SSSR count). The number of rotatable bonds is 4. The molecule has 0 bridgehead atoms. The highest BCUT2D eigenvalue weighted by molar-refractivity contribution is 6.29. The molecule has 3 heterocycles. The minimum Gasteiger partial charge on any atom is -0.349 e. The standard InChI is InChI=1S/C20H25ClF3N5O/c1-6-14(13(4)20(22,23)24)28-9-12(3)29(10-11(28)2)18-17-15(7-8-16(21)25-17)27(5)19(30)26-18/h7-8,11-12,14H,4,6,9-10H2,1-3,5H3/t11-,12+,14?/m1/s1. The maximum Gasteiger partial charge on any atom is 0.413 e. The van der Waals surface area contributed by atoms with Crippen molar-refractivity contribution in [3.8, 4) is 0 Å². The second-order valence-corrected chi connectivity index (χ2v) is 8.16. The van der Waals surface area contributed by atoms with Crippen molar-refractivity contribution < 1.29 is 13.2 Å². The van der Waals surface area contributed by atoms with Gasteiger partial charge in [0.1, 0.15) is 10.7 Å². The Morgan fingerprint density at radius 1 is 1.27 bits per heavy atom. The van der Waals surface area contributed by atoms with Crippen molar-refractivity contribution in [3.05, 3.63) is 39.9 Å². The molecule has 3 atom stereocenters. The summed E-state index contributed by atoms with van der Waals surface area (Å²) in [7, 11) is 1.61. The Hall–Kier alpha value is -2.13. The van der Waals surface area contributed by atoms with E-state index >= 15 is 0 Å². The largest absolute Gasteiger partial charge is 0.413 e. The maximum absolute atomic E-state index is 13.3. The minimum absolute atomic E-state index is 0.195. The predicted molar refractivity (Wildman–Crippen MR) is 112 cm³/mol. The fourth-order valence-corrected chi connectivity index (χ4v) is 4.29. The molecule has 1 unspecified atom stereocenters. The third-order valence-electron chi connectivity index (χ3n) is 5.76. The first-order valence-corrected chi connectivity index (χ1v) is 10.1. The molecule has 1 saturated heterocycles. The number of fused-ring (bicyclic) bond motifs is 1. The molecule has 1 aliphatic rings. The van der Waals surface area contributed by atoms with Crippen molar-refractivity contribution in [2.45, 2.75) is 51.5 Å². The van der Waals surface area contributed by atoms with Gasteiger partial charge in [-0.15, -0.1) is 0 Å². The van der Waals surface area contributed by atoms with E-state index in [-0.39, 0.29) is 17.2 Å². The van der Waals surface area contributed by atoms with Crippen LogP contribution in [0.25, 0.3) is 11.0 Å². The van der Waals surface area contributed by atoms with Gasteiger partial charge in [-0.2, -0.15) is 18.2 Å². The van der Waals surface area contributed by atoms with Gasteiger partial charge in [0.05, 0.1) is 5.52 Å². The molecule has 6 nitrogen and oxygen atoms in total. The molecule has 2 aromatic rings. The van der Waals surface area contributed by atoms with E-state index in [4.69, 9.17) is 11.6 Å². The lowest BCUT2D eigenvalue weighted by atomic mass is 9.98. The monoisotopic (exact) mass is 443 g/mol. The van der Waals surface area contributed by atoms with Gasteiger partial charge in [-0.25, -0.2) is 9.78 Å². The number of anilines is 1. The summed E-state index contributed by atoms with van der Waals surface area (Å²) in [6.45, 7) is 9.58. The molecule has 1 fully saturated rings. The zero-order chi connectivity index (χ0) is 22.4. The molecule has 0 spiro atoms. The first-order chi connectivity index (χ1) is 14.0. The van der Waals surface area contributed by atoms with Crippen LogP contribution in [-0.2, 0) is 7.05 Å². The van der Waals surface area contributed by atoms with E-state index < -0.39 is 23.5 Å². The number of hydrogen-bond acceptors (Lipinski definition) is 5. The highest BCUT2D eigenvalue weighted by atomic mass is 35.5. The molecular formula is C20H25ClF3N5O. The Balaban J connectivity index is 1.99. The lowest BCUT2D eigenvalue weighted by Crippen LogP contribution is -2.60. The van der Waals surface area contributed by atoms with Crippen LogP contribution in [0.3, 0.4) is 0 Å². The van der Waals surface area contributed by atoms with Crippen molar-refractivity contribution in [2.24, 2.45) is 7.05 Å². The van der Waals surface area contributed by atoms with Crippen LogP contribution in [0, 0.1) is 0 Å². The summed E-state index contributed by atoms with van der Waals surface area (Å²) in [5, 5.41) is 0.274. The van der Waals surface area contributed by atoms with Crippen molar-refractivity contribution >= 4 is 28.5 Å². The molecule has 0 radical (unpaired) electrons. The molecule has 1 aliphatic heterocycles. The van der Waals surface area contributed by atoms with E-state index in [1.54, 1.807) is 26.1 Å². The van der Waals surface area contributed by atoms with Gasteiger partial charge < -0.3 is 4.90 Å². The smallest absolute Gasteiger partial charge is 0.349 e. The topological polar surface area (TPSA) is 54.3 Å². The number of aryl methyl sites for hydroxylation is 1. The average molecular weight is 444 g/mol. The Labute approximate surface area is 178 Å². The first-order valence-electron chi connectivity index (χ1n) is 9.77. The Kier molecular flexibility index (Phi) is 6.15. The zero-order valence-electron chi connectivity index (χ0n) is 17.4. The first kappa shape index (κ1) is 22.6. The van der Waals surface area contributed by atoms with Crippen LogP contribution < -0.4 is 10.6 Å². The van der Waals surface area contributed by atoms with Crippen LogP contribution in [-0.4, -0.2) is 56.8 Å². The fraction of sp³-hybridized carbons (Fsp3) is 0.550. The lowest BCUT2D eigenvalue weighted by molar-refractivity contribution is -0.103. The quantitative estimate of drug-likeness (QED) is 0.531. The fourth-order valence-electron chi connectivity index (χ4n) is 4.14. The van der Waals surface area contributed by atoms with Crippen molar-refractivity contribution in [2.75, 3.05) is 18.0 Å². The van der Waals surface area contributed by atoms with E-state index in [0.29, 0.717) is 36.4 Å². The number of alkyl halides is 3. The van der Waals surface area contributed by atoms with Crippen molar-refractivity contribution in [3.63, 3.8) is 0 Å². The Morgan fingerprint density at radius 2 is 1.93 bits per heavy atom. The van der Waals surface area contributed by atoms with Gasteiger partial charge in [-0.1, -0.05) is 25.1 Å². The van der Waals surface area contributed by atoms with E-state index in [2.05, 4.69) is 16.5 Å². The van der Waals surface area contributed by atoms with E-state index in [0.717, 1.165) is 0 Å². The van der Waals surface area contributed by atoms with Gasteiger partial charge in [-0.05, 0) is 32.4 Å². The van der Waals surface area contributed by atoms with Gasteiger partial charge in [0.25, 0.3) is 0 Å². The molecule has 0 N–H and O–H groups in total. The molecule has 0 saturated carbocycles. The number of piperazine rings is 1. The average Bonchev–Trinajstić information content (AvgIpc) is 2.67. The third-order valence-corrected chi connectivity index (χ3v) is 5.97. The molecule has 30 heavy (non-hydrogen) atoms. The number of halogens is 4. The second-order valence-electron chi connectivity index (χ2n) is 7.77. The van der Waals surface area contributed by atoms with Gasteiger partial charge in [-0.3, -0.25) is 9.47 Å². The van der Waals surface area contributed by atoms with Crippen molar-refractivity contribution in [1.82, 2.24) is 19.4 Å². The zero-order valence-corrected chi connectivity index (χ0v) is 18.1. The molecule has 2 aromatic heterocycles. The predicted octanol–water partition coefficient (Wildman–Crippen LogP) is 3.78. The molecular weight excluding hydrogens is 419 g/mol. The van der Waals surface area contributed by atoms with Crippen LogP contribution in [0.2, 0.25) is 5.15 Å². The number of aromatic nitrogens is 3. The highest BCUT2D eigenvalue weighted by Crippen LogP contribution is 2.34. The second kappa shape index (κ2) is 8.19. The lowest BCUT2D eigenvalue weighted by Gasteiger charge is -2.48. The summed E-state index contributed by atoms with van der Waals surface area (Å²) in [6.07, 6.45) is -4.13. The summed E-state index contributed by atoms with van der Waals surface area (Å²) in [5.41, 5.74) is -0.0821.